The molecule has 1 aromatic heterocycles. The molecule has 114 valence electrons. The van der Waals surface area contributed by atoms with Gasteiger partial charge in [-0.15, -0.1) is 0 Å². The van der Waals surface area contributed by atoms with Gasteiger partial charge in [-0.3, -0.25) is 9.58 Å². The van der Waals surface area contributed by atoms with Gasteiger partial charge in [-0.1, -0.05) is 6.92 Å². The van der Waals surface area contributed by atoms with Crippen molar-refractivity contribution in [3.8, 4) is 0 Å². The van der Waals surface area contributed by atoms with Gasteiger partial charge < -0.3 is 10.5 Å². The smallest absolute Gasteiger partial charge is 0.0856 e. The second-order valence-electron chi connectivity index (χ2n) is 5.55. The molecule has 0 spiro atoms. The largest absolute Gasteiger partial charge is 0.374 e. The van der Waals surface area contributed by atoms with E-state index >= 15 is 0 Å². The van der Waals surface area contributed by atoms with Gasteiger partial charge >= 0.3 is 0 Å². The summed E-state index contributed by atoms with van der Waals surface area (Å²) in [6.45, 7) is 8.07. The maximum absolute atomic E-state index is 6.37. The number of ether oxygens (including phenoxy) is 1. The summed E-state index contributed by atoms with van der Waals surface area (Å²) in [4.78, 5) is 2.44. The Kier molecular flexibility index (Phi) is 5.60. The van der Waals surface area contributed by atoms with E-state index in [1.165, 1.54) is 6.42 Å². The highest BCUT2D eigenvalue weighted by Crippen LogP contribution is 2.22. The molecule has 2 atom stereocenters. The van der Waals surface area contributed by atoms with Crippen LogP contribution in [0.1, 0.15) is 24.7 Å². The molecule has 0 saturated carbocycles. The van der Waals surface area contributed by atoms with Crippen molar-refractivity contribution in [2.45, 2.75) is 38.8 Å². The van der Waals surface area contributed by atoms with E-state index in [4.69, 9.17) is 10.5 Å². The van der Waals surface area contributed by atoms with Gasteiger partial charge in [-0.2, -0.15) is 5.10 Å². The standard InChI is InChI=1S/C14H25BrN4O/c1-4-5-19-6-7-20-13(9-19)11(16)8-12-14(15)10(2)17-18(12)3/h11,13H,4-9,16H2,1-3H3. The third-order valence-electron chi connectivity index (χ3n) is 3.89. The average molecular weight is 345 g/mol. The van der Waals surface area contributed by atoms with Crippen molar-refractivity contribution in [1.29, 1.82) is 0 Å². The third kappa shape index (κ3) is 3.61. The summed E-state index contributed by atoms with van der Waals surface area (Å²) in [7, 11) is 1.96. The summed E-state index contributed by atoms with van der Waals surface area (Å²) in [6, 6.07) is 0.000700. The first kappa shape index (κ1) is 15.9. The van der Waals surface area contributed by atoms with Gasteiger partial charge in [0.25, 0.3) is 0 Å². The van der Waals surface area contributed by atoms with Gasteiger partial charge in [-0.05, 0) is 35.8 Å². The summed E-state index contributed by atoms with van der Waals surface area (Å²) >= 11 is 3.60. The van der Waals surface area contributed by atoms with Crippen molar-refractivity contribution in [2.24, 2.45) is 12.8 Å². The lowest BCUT2D eigenvalue weighted by atomic mass is 10.0. The molecule has 0 aliphatic carbocycles. The predicted octanol–water partition coefficient (Wildman–Crippen LogP) is 1.47. The van der Waals surface area contributed by atoms with Gasteiger partial charge in [-0.25, -0.2) is 0 Å². The molecular formula is C14H25BrN4O. The Morgan fingerprint density at radius 3 is 2.90 bits per heavy atom. The van der Waals surface area contributed by atoms with E-state index in [2.05, 4.69) is 32.9 Å². The molecule has 0 amide bonds. The number of rotatable bonds is 5. The SMILES string of the molecule is CCCN1CCOC(C(N)Cc2c(Br)c(C)nn2C)C1. The highest BCUT2D eigenvalue weighted by atomic mass is 79.9. The molecule has 0 aromatic carbocycles. The van der Waals surface area contributed by atoms with Crippen molar-refractivity contribution >= 4 is 15.9 Å². The van der Waals surface area contributed by atoms with Crippen LogP contribution in [0.4, 0.5) is 0 Å². The van der Waals surface area contributed by atoms with Gasteiger partial charge in [0.2, 0.25) is 0 Å². The van der Waals surface area contributed by atoms with E-state index in [0.717, 1.165) is 48.5 Å². The molecule has 1 aliphatic rings. The van der Waals surface area contributed by atoms with E-state index in [-0.39, 0.29) is 12.1 Å². The zero-order valence-electron chi connectivity index (χ0n) is 12.6. The first-order valence-corrected chi connectivity index (χ1v) is 8.09. The lowest BCUT2D eigenvalue weighted by Crippen LogP contribution is -2.51. The molecule has 1 aromatic rings. The van der Waals surface area contributed by atoms with Crippen LogP contribution < -0.4 is 5.73 Å². The zero-order valence-corrected chi connectivity index (χ0v) is 14.2. The molecule has 0 radical (unpaired) electrons. The summed E-state index contributed by atoms with van der Waals surface area (Å²) in [5, 5.41) is 4.42. The molecule has 6 heteroatoms. The Hall–Kier alpha value is -0.430. The first-order chi connectivity index (χ1) is 9.52. The fourth-order valence-electron chi connectivity index (χ4n) is 2.77. The topological polar surface area (TPSA) is 56.3 Å². The van der Waals surface area contributed by atoms with Crippen molar-refractivity contribution in [1.82, 2.24) is 14.7 Å². The van der Waals surface area contributed by atoms with E-state index in [9.17, 15) is 0 Å². The minimum Gasteiger partial charge on any atom is -0.374 e. The number of hydrogen-bond acceptors (Lipinski definition) is 4. The van der Waals surface area contributed by atoms with Crippen molar-refractivity contribution in [3.05, 3.63) is 15.9 Å². The van der Waals surface area contributed by atoms with Gasteiger partial charge in [0, 0.05) is 32.6 Å². The van der Waals surface area contributed by atoms with Crippen LogP contribution in [0, 0.1) is 6.92 Å². The molecular weight excluding hydrogens is 320 g/mol. The Labute approximate surface area is 129 Å². The van der Waals surface area contributed by atoms with Crippen LogP contribution in [0.3, 0.4) is 0 Å². The predicted molar refractivity (Wildman–Crippen MR) is 83.8 cm³/mol. The highest BCUT2D eigenvalue weighted by molar-refractivity contribution is 9.10. The lowest BCUT2D eigenvalue weighted by Gasteiger charge is -2.35. The molecule has 2 heterocycles. The van der Waals surface area contributed by atoms with Crippen LogP contribution in [-0.4, -0.2) is 53.1 Å². The number of hydrogen-bond donors (Lipinski definition) is 1. The average Bonchev–Trinajstić information content (AvgIpc) is 2.66. The molecule has 2 N–H and O–H groups in total. The lowest BCUT2D eigenvalue weighted by molar-refractivity contribution is -0.0403. The number of nitrogens with zero attached hydrogens (tertiary/aromatic N) is 3. The van der Waals surface area contributed by atoms with E-state index in [1.807, 2.05) is 18.7 Å². The van der Waals surface area contributed by atoms with Gasteiger partial charge in [0.15, 0.2) is 0 Å². The number of aryl methyl sites for hydroxylation is 2. The van der Waals surface area contributed by atoms with Crippen molar-refractivity contribution in [2.75, 3.05) is 26.2 Å². The highest BCUT2D eigenvalue weighted by Gasteiger charge is 2.27. The summed E-state index contributed by atoms with van der Waals surface area (Å²) in [5.41, 5.74) is 8.52. The fourth-order valence-corrected chi connectivity index (χ4v) is 3.26. The van der Waals surface area contributed by atoms with Gasteiger partial charge in [0.1, 0.15) is 0 Å². The summed E-state index contributed by atoms with van der Waals surface area (Å²) < 4.78 is 8.84. The zero-order chi connectivity index (χ0) is 14.7. The fraction of sp³-hybridized carbons (Fsp3) is 0.786. The van der Waals surface area contributed by atoms with Crippen molar-refractivity contribution < 1.29 is 4.74 Å². The monoisotopic (exact) mass is 344 g/mol. The van der Waals surface area contributed by atoms with E-state index < -0.39 is 0 Å². The van der Waals surface area contributed by atoms with Crippen LogP contribution in [-0.2, 0) is 18.2 Å². The number of nitrogens with two attached hydrogens (primary N) is 1. The molecule has 5 nitrogen and oxygen atoms in total. The minimum absolute atomic E-state index is 0.000700. The van der Waals surface area contributed by atoms with Crippen LogP contribution >= 0.6 is 15.9 Å². The van der Waals surface area contributed by atoms with Crippen molar-refractivity contribution in [3.63, 3.8) is 0 Å². The molecule has 2 rings (SSSR count). The molecule has 1 fully saturated rings. The Balaban J connectivity index is 1.98. The van der Waals surface area contributed by atoms with Crippen LogP contribution in [0.25, 0.3) is 0 Å². The summed E-state index contributed by atoms with van der Waals surface area (Å²) in [5.74, 6) is 0. The Bertz CT molecular complexity index is 447. The molecule has 1 aliphatic heterocycles. The number of aromatic nitrogens is 2. The Morgan fingerprint density at radius 1 is 1.55 bits per heavy atom. The number of halogens is 1. The third-order valence-corrected chi connectivity index (χ3v) is 4.92. The van der Waals surface area contributed by atoms with Crippen LogP contribution in [0.2, 0.25) is 0 Å². The quantitative estimate of drug-likeness (QED) is 0.878. The van der Waals surface area contributed by atoms with E-state index in [0.29, 0.717) is 0 Å². The number of morpholine rings is 1. The maximum atomic E-state index is 6.37. The molecule has 2 unspecified atom stereocenters. The molecule has 1 saturated heterocycles. The Morgan fingerprint density at radius 2 is 2.30 bits per heavy atom. The van der Waals surface area contributed by atoms with E-state index in [1.54, 1.807) is 0 Å². The second-order valence-corrected chi connectivity index (χ2v) is 6.34. The maximum Gasteiger partial charge on any atom is 0.0856 e. The normalized spacial score (nSPS) is 22.1. The molecule has 0 bridgehead atoms. The minimum atomic E-state index is 0.000700. The van der Waals surface area contributed by atoms with Crippen LogP contribution in [0.15, 0.2) is 4.47 Å². The van der Waals surface area contributed by atoms with Gasteiger partial charge in [0.05, 0.1) is 28.6 Å². The first-order valence-electron chi connectivity index (χ1n) is 7.30. The second kappa shape index (κ2) is 7.02. The summed E-state index contributed by atoms with van der Waals surface area (Å²) in [6.07, 6.45) is 2.06. The molecule has 20 heavy (non-hydrogen) atoms. The van der Waals surface area contributed by atoms with Crippen LogP contribution in [0.5, 0.6) is 0 Å².